The number of hydrogen-bond donors (Lipinski definition) is 1. The second-order valence-electron chi connectivity index (χ2n) is 12.6. The zero-order chi connectivity index (χ0) is 33.6. The number of benzene rings is 3. The molecule has 246 valence electrons. The van der Waals surface area contributed by atoms with Gasteiger partial charge >= 0.3 is 12.1 Å². The number of nitrogens with one attached hydrogen (secondary N) is 1. The minimum Gasteiger partial charge on any atom is -0.449 e. The van der Waals surface area contributed by atoms with Crippen LogP contribution in [0.25, 0.3) is 11.0 Å². The van der Waals surface area contributed by atoms with Gasteiger partial charge in [0.05, 0.1) is 29.6 Å². The first kappa shape index (κ1) is 34.8. The van der Waals surface area contributed by atoms with Crippen LogP contribution in [0.1, 0.15) is 93.6 Å². The van der Waals surface area contributed by atoms with Crippen LogP contribution in [-0.2, 0) is 24.6 Å². The van der Waals surface area contributed by atoms with Crippen LogP contribution in [0.5, 0.6) is 17.2 Å². The quantitative estimate of drug-likeness (QED) is 0.125. The van der Waals surface area contributed by atoms with E-state index in [2.05, 4.69) is 20.8 Å². The molecule has 0 aliphatic carbocycles. The molecular formula is C37H43F3NO5+. The fourth-order valence-corrected chi connectivity index (χ4v) is 5.48. The van der Waals surface area contributed by atoms with Gasteiger partial charge in [0.1, 0.15) is 18.0 Å². The molecule has 0 radical (unpaired) electrons. The number of alkyl halides is 3. The zero-order valence-electron chi connectivity index (χ0n) is 27.4. The van der Waals surface area contributed by atoms with Crippen molar-refractivity contribution in [1.82, 2.24) is 0 Å². The van der Waals surface area contributed by atoms with E-state index in [0.717, 1.165) is 54.8 Å². The first-order valence-corrected chi connectivity index (χ1v) is 15.9. The van der Waals surface area contributed by atoms with E-state index in [1.54, 1.807) is 24.3 Å². The first-order chi connectivity index (χ1) is 21.8. The van der Waals surface area contributed by atoms with Crippen LogP contribution in [0.4, 0.5) is 13.2 Å². The molecule has 4 aromatic rings. The summed E-state index contributed by atoms with van der Waals surface area (Å²) in [5.41, 5.74) is 1.18. The summed E-state index contributed by atoms with van der Waals surface area (Å²) >= 11 is 0. The van der Waals surface area contributed by atoms with E-state index in [-0.39, 0.29) is 45.6 Å². The molecule has 4 rings (SSSR count). The number of fused-ring (bicyclic) bond motifs is 1. The number of halogens is 3. The lowest BCUT2D eigenvalue weighted by Crippen LogP contribution is -3.10. The number of quaternary nitrogens is 1. The molecule has 0 saturated heterocycles. The smallest absolute Gasteiger partial charge is 0.449 e. The lowest BCUT2D eigenvalue weighted by Gasteiger charge is -2.21. The third-order valence-corrected chi connectivity index (χ3v) is 7.84. The van der Waals surface area contributed by atoms with Gasteiger partial charge in [-0.15, -0.1) is 0 Å². The van der Waals surface area contributed by atoms with Gasteiger partial charge in [-0.05, 0) is 72.2 Å². The molecular weight excluding hydrogens is 595 g/mol. The third kappa shape index (κ3) is 8.18. The van der Waals surface area contributed by atoms with Crippen LogP contribution in [0.3, 0.4) is 0 Å². The molecule has 46 heavy (non-hydrogen) atoms. The normalized spacial score (nSPS) is 12.1. The Hall–Kier alpha value is -4.11. The number of esters is 1. The van der Waals surface area contributed by atoms with Gasteiger partial charge in [0.15, 0.2) is 5.58 Å². The number of aryl methyl sites for hydroxylation is 1. The third-order valence-electron chi connectivity index (χ3n) is 7.84. The molecule has 0 amide bonds. The van der Waals surface area contributed by atoms with Crippen molar-refractivity contribution < 1.29 is 36.8 Å². The van der Waals surface area contributed by atoms with E-state index in [1.807, 2.05) is 32.9 Å². The molecule has 0 bridgehead atoms. The summed E-state index contributed by atoms with van der Waals surface area (Å²) in [4.78, 5) is 28.1. The van der Waals surface area contributed by atoms with Crippen molar-refractivity contribution in [3.63, 3.8) is 0 Å². The molecule has 6 nitrogen and oxygen atoms in total. The van der Waals surface area contributed by atoms with Crippen molar-refractivity contribution in [2.75, 3.05) is 13.1 Å². The van der Waals surface area contributed by atoms with E-state index in [0.29, 0.717) is 0 Å². The predicted molar refractivity (Wildman–Crippen MR) is 173 cm³/mol. The van der Waals surface area contributed by atoms with Crippen molar-refractivity contribution in [2.45, 2.75) is 85.4 Å². The maximum atomic E-state index is 14.5. The molecule has 1 heterocycles. The summed E-state index contributed by atoms with van der Waals surface area (Å²) in [6, 6.07) is 16.4. The highest BCUT2D eigenvalue weighted by molar-refractivity contribution is 5.92. The van der Waals surface area contributed by atoms with Gasteiger partial charge in [-0.2, -0.15) is 13.2 Å². The van der Waals surface area contributed by atoms with Gasteiger partial charge in [-0.1, -0.05) is 72.2 Å². The topological polar surface area (TPSA) is 70.2 Å². The van der Waals surface area contributed by atoms with Crippen LogP contribution in [-0.4, -0.2) is 19.1 Å². The molecule has 0 saturated carbocycles. The Morgan fingerprint density at radius 2 is 1.48 bits per heavy atom. The predicted octanol–water partition coefficient (Wildman–Crippen LogP) is 8.28. The van der Waals surface area contributed by atoms with Gasteiger partial charge < -0.3 is 18.8 Å². The number of carbonyl (C=O) groups excluding carboxylic acids is 1. The van der Waals surface area contributed by atoms with Crippen LogP contribution in [0.15, 0.2) is 69.9 Å². The molecule has 1 aromatic heterocycles. The van der Waals surface area contributed by atoms with Crippen molar-refractivity contribution >= 4 is 16.9 Å². The molecule has 0 atom stereocenters. The van der Waals surface area contributed by atoms with Gasteiger partial charge in [0.25, 0.3) is 5.76 Å². The zero-order valence-corrected chi connectivity index (χ0v) is 27.4. The molecule has 0 aliphatic rings. The Bertz CT molecular complexity index is 1700. The highest BCUT2D eigenvalue weighted by atomic mass is 19.4. The van der Waals surface area contributed by atoms with Crippen molar-refractivity contribution in [3.05, 3.63) is 98.9 Å². The minimum atomic E-state index is -5.04. The van der Waals surface area contributed by atoms with E-state index in [4.69, 9.17) is 13.9 Å². The lowest BCUT2D eigenvalue weighted by molar-refractivity contribution is -0.913. The van der Waals surface area contributed by atoms with E-state index in [9.17, 15) is 22.8 Å². The maximum absolute atomic E-state index is 14.5. The Morgan fingerprint density at radius 3 is 2.02 bits per heavy atom. The Morgan fingerprint density at radius 1 is 0.848 bits per heavy atom. The van der Waals surface area contributed by atoms with Gasteiger partial charge in [0.2, 0.25) is 11.2 Å². The number of rotatable bonds is 12. The monoisotopic (exact) mass is 638 g/mol. The molecule has 0 aliphatic heterocycles. The fourth-order valence-electron chi connectivity index (χ4n) is 5.48. The highest BCUT2D eigenvalue weighted by Gasteiger charge is 2.41. The average Bonchev–Trinajstić information content (AvgIpc) is 3.00. The van der Waals surface area contributed by atoms with Crippen molar-refractivity contribution in [2.24, 2.45) is 0 Å². The SMILES string of the molecule is CCCc1ccc(Oc2c(C(F)(F)F)oc3c(C[NH+](CCC)CCC)c(OC(=O)c4ccc(C(C)(C)C)cc4)ccc3c2=O)cc1. The summed E-state index contributed by atoms with van der Waals surface area (Å²) in [6.07, 6.45) is -1.68. The summed E-state index contributed by atoms with van der Waals surface area (Å²) in [5.74, 6) is -3.03. The van der Waals surface area contributed by atoms with Gasteiger partial charge in [-0.3, -0.25) is 4.79 Å². The first-order valence-electron chi connectivity index (χ1n) is 15.9. The largest absolute Gasteiger partial charge is 0.453 e. The fraction of sp³-hybridized carbons (Fsp3) is 0.405. The summed E-state index contributed by atoms with van der Waals surface area (Å²) in [6.45, 7) is 13.9. The molecule has 9 heteroatoms. The van der Waals surface area contributed by atoms with Gasteiger partial charge in [0, 0.05) is 0 Å². The second kappa shape index (κ2) is 14.5. The maximum Gasteiger partial charge on any atom is 0.453 e. The average molecular weight is 639 g/mol. The van der Waals surface area contributed by atoms with Crippen LogP contribution in [0, 0.1) is 0 Å². The number of carbonyl (C=O) groups is 1. The Labute approximate surface area is 268 Å². The molecule has 0 fully saturated rings. The lowest BCUT2D eigenvalue weighted by atomic mass is 9.87. The van der Waals surface area contributed by atoms with E-state index < -0.39 is 29.1 Å². The summed E-state index contributed by atoms with van der Waals surface area (Å²) in [5, 5.41) is -0.0951. The van der Waals surface area contributed by atoms with Crippen LogP contribution < -0.4 is 19.8 Å². The highest BCUT2D eigenvalue weighted by Crippen LogP contribution is 2.40. The molecule has 0 spiro atoms. The van der Waals surface area contributed by atoms with E-state index >= 15 is 0 Å². The molecule has 0 unspecified atom stereocenters. The standard InChI is InChI=1S/C37H42F3NO5/c1-7-10-24-11-17-27(18-12-24)44-33-31(42)28-19-20-30(45-35(43)25-13-15-26(16-14-25)36(4,5)6)29(23-41(21-8-2)22-9-3)32(28)46-34(33)37(38,39)40/h11-20H,7-10,21-23H2,1-6H3/p+1. The van der Waals surface area contributed by atoms with Gasteiger partial charge in [-0.25, -0.2) is 4.79 Å². The van der Waals surface area contributed by atoms with Crippen molar-refractivity contribution in [3.8, 4) is 17.2 Å². The summed E-state index contributed by atoms with van der Waals surface area (Å²) < 4.78 is 60.5. The Kier molecular flexibility index (Phi) is 11.0. The van der Waals surface area contributed by atoms with Crippen molar-refractivity contribution in [1.29, 1.82) is 0 Å². The Balaban J connectivity index is 1.85. The minimum absolute atomic E-state index is 0.0403. The number of ether oxygens (including phenoxy) is 2. The molecule has 1 N–H and O–H groups in total. The van der Waals surface area contributed by atoms with Crippen LogP contribution in [0.2, 0.25) is 0 Å². The summed E-state index contributed by atoms with van der Waals surface area (Å²) in [7, 11) is 0. The van der Waals surface area contributed by atoms with E-state index in [1.165, 1.54) is 24.3 Å². The second-order valence-corrected chi connectivity index (χ2v) is 12.6. The number of hydrogen-bond acceptors (Lipinski definition) is 5. The van der Waals surface area contributed by atoms with Crippen LogP contribution >= 0.6 is 0 Å². The molecule has 3 aromatic carbocycles.